The number of carboxylic acids is 1. The van der Waals surface area contributed by atoms with E-state index in [9.17, 15) is 33.0 Å². The average molecular weight is 590 g/mol. The Kier molecular flexibility index (Phi) is 8.36. The number of nitrogens with one attached hydrogen (secondary N) is 1. The summed E-state index contributed by atoms with van der Waals surface area (Å²) in [5.74, 6) is -2.00. The highest BCUT2D eigenvalue weighted by molar-refractivity contribution is 6.74. The number of aromatic carboxylic acids is 1. The Labute approximate surface area is 237 Å². The lowest BCUT2D eigenvalue weighted by Gasteiger charge is -2.41. The van der Waals surface area contributed by atoms with E-state index >= 15 is 0 Å². The minimum absolute atomic E-state index is 0.0696. The van der Waals surface area contributed by atoms with Crippen LogP contribution in [0.25, 0.3) is 10.9 Å². The summed E-state index contributed by atoms with van der Waals surface area (Å²) >= 11 is 0. The zero-order valence-corrected chi connectivity index (χ0v) is 24.6. The number of aromatic hydroxyl groups is 1. The van der Waals surface area contributed by atoms with Crippen LogP contribution in [0.4, 0.5) is 13.2 Å². The van der Waals surface area contributed by atoms with Gasteiger partial charge >= 0.3 is 12.3 Å². The molecule has 3 aromatic rings. The number of H-pyrrole nitrogens is 1. The quantitative estimate of drug-likeness (QED) is 0.234. The first-order valence-electron chi connectivity index (χ1n) is 13.3. The normalized spacial score (nSPS) is 14.9. The molecule has 8 nitrogen and oxygen atoms in total. The second kappa shape index (κ2) is 11.2. The highest BCUT2D eigenvalue weighted by Gasteiger charge is 2.42. The van der Waals surface area contributed by atoms with Gasteiger partial charge in [-0.25, -0.2) is 4.79 Å². The van der Waals surface area contributed by atoms with Gasteiger partial charge in [-0.3, -0.25) is 4.79 Å². The molecule has 0 aliphatic carbocycles. The number of phenolic OH excluding ortho intramolecular Hbond substituents is 1. The zero-order chi connectivity index (χ0) is 30.3. The topological polar surface area (TPSA) is 112 Å². The molecule has 0 bridgehead atoms. The van der Waals surface area contributed by atoms with Crippen LogP contribution in [0.15, 0.2) is 47.3 Å². The SMILES string of the molecule is CC(C)(C)[Si](C)(C)O[C@@H](CN(Cc1ccc(C(=O)O)cc1OC(F)(F)F)B1CC1)c1ccc(O)c2[nH]c(=O)ccc12. The van der Waals surface area contributed by atoms with Crippen LogP contribution < -0.4 is 10.3 Å². The number of nitrogens with zero attached hydrogens (tertiary/aromatic N) is 1. The predicted octanol–water partition coefficient (Wildman–Crippen LogP) is 6.40. The van der Waals surface area contributed by atoms with Crippen LogP contribution in [0.3, 0.4) is 0 Å². The zero-order valence-electron chi connectivity index (χ0n) is 23.6. The van der Waals surface area contributed by atoms with Crippen molar-refractivity contribution in [1.29, 1.82) is 0 Å². The minimum Gasteiger partial charge on any atom is -0.506 e. The molecular weight excluding hydrogens is 556 g/mol. The molecule has 4 rings (SSSR count). The molecule has 1 saturated heterocycles. The van der Waals surface area contributed by atoms with Gasteiger partial charge in [0.2, 0.25) is 12.4 Å². The van der Waals surface area contributed by atoms with Gasteiger partial charge in [0.15, 0.2) is 8.32 Å². The van der Waals surface area contributed by atoms with E-state index in [2.05, 4.69) is 43.6 Å². The van der Waals surface area contributed by atoms with E-state index < -0.39 is 32.5 Å². The molecule has 2 heterocycles. The Morgan fingerprint density at radius 1 is 1.12 bits per heavy atom. The van der Waals surface area contributed by atoms with Crippen molar-refractivity contribution in [1.82, 2.24) is 9.79 Å². The van der Waals surface area contributed by atoms with Crippen molar-refractivity contribution in [3.05, 3.63) is 69.5 Å². The largest absolute Gasteiger partial charge is 0.573 e. The number of halogens is 3. The number of carboxylic acid groups (broad SMARTS) is 1. The van der Waals surface area contributed by atoms with E-state index in [-0.39, 0.29) is 46.4 Å². The molecular formula is C28H34BF3N2O6Si. The van der Waals surface area contributed by atoms with Gasteiger partial charge in [-0.15, -0.1) is 13.2 Å². The molecule has 41 heavy (non-hydrogen) atoms. The lowest BCUT2D eigenvalue weighted by atomic mass is 9.82. The third-order valence-electron chi connectivity index (χ3n) is 7.87. The third kappa shape index (κ3) is 7.32. The highest BCUT2D eigenvalue weighted by atomic mass is 28.4. The summed E-state index contributed by atoms with van der Waals surface area (Å²) in [5, 5.41) is 20.2. The molecule has 1 aromatic heterocycles. The van der Waals surface area contributed by atoms with Crippen LogP contribution in [0.2, 0.25) is 30.8 Å². The van der Waals surface area contributed by atoms with Gasteiger partial charge in [0.1, 0.15) is 11.5 Å². The van der Waals surface area contributed by atoms with Crippen molar-refractivity contribution in [2.45, 2.75) is 70.6 Å². The summed E-state index contributed by atoms with van der Waals surface area (Å²) in [4.78, 5) is 28.2. The summed E-state index contributed by atoms with van der Waals surface area (Å²) in [6, 6.07) is 9.76. The second-order valence-electron chi connectivity index (χ2n) is 12.0. The molecule has 0 spiro atoms. The van der Waals surface area contributed by atoms with E-state index in [4.69, 9.17) is 4.43 Å². The summed E-state index contributed by atoms with van der Waals surface area (Å²) in [6.45, 7) is 11.0. The molecule has 3 N–H and O–H groups in total. The van der Waals surface area contributed by atoms with Gasteiger partial charge in [0.05, 0.1) is 17.2 Å². The number of hydrogen-bond donors (Lipinski definition) is 3. The maximum atomic E-state index is 13.3. The number of aromatic amines is 1. The van der Waals surface area contributed by atoms with Crippen molar-refractivity contribution in [3.63, 3.8) is 0 Å². The maximum Gasteiger partial charge on any atom is 0.573 e. The number of alkyl halides is 3. The smallest absolute Gasteiger partial charge is 0.506 e. The number of carbonyl (C=O) groups is 1. The highest BCUT2D eigenvalue weighted by Crippen LogP contribution is 2.42. The van der Waals surface area contributed by atoms with Crippen LogP contribution >= 0.6 is 0 Å². The molecule has 0 radical (unpaired) electrons. The Balaban J connectivity index is 1.77. The Hall–Kier alpha value is -3.29. The molecule has 220 valence electrons. The number of benzene rings is 2. The summed E-state index contributed by atoms with van der Waals surface area (Å²) in [7, 11) is -2.40. The van der Waals surface area contributed by atoms with Crippen LogP contribution in [0, 0.1) is 0 Å². The molecule has 1 atom stereocenters. The standard InChI is InChI=1S/C28H34BF3N2O6Si/c1-27(2,3)41(4,5)40-23(19-8-10-21(35)25-20(19)9-11-24(36)33-25)16-34(29-12-13-29)15-18-7-6-17(26(37)38)14-22(18)39-28(30,31)32/h6-11,14,23,35H,12-13,15-16H2,1-5H3,(H,33,36)(H,37,38)/t23-/m0/s1. The molecule has 2 aromatic carbocycles. The molecule has 13 heteroatoms. The summed E-state index contributed by atoms with van der Waals surface area (Å²) in [6.07, 6.45) is -3.85. The molecule has 0 unspecified atom stereocenters. The van der Waals surface area contributed by atoms with E-state index in [1.54, 1.807) is 12.1 Å². The van der Waals surface area contributed by atoms with Gasteiger partial charge in [-0.05, 0) is 48.0 Å². The van der Waals surface area contributed by atoms with E-state index in [0.29, 0.717) is 11.9 Å². The van der Waals surface area contributed by atoms with Crippen LogP contribution in [-0.4, -0.2) is 54.0 Å². The van der Waals surface area contributed by atoms with E-state index in [1.165, 1.54) is 24.3 Å². The number of ether oxygens (including phenoxy) is 1. The monoisotopic (exact) mass is 590 g/mol. The second-order valence-corrected chi connectivity index (χ2v) is 16.7. The third-order valence-corrected chi connectivity index (χ3v) is 12.4. The van der Waals surface area contributed by atoms with Crippen molar-refractivity contribution in [2.24, 2.45) is 0 Å². The van der Waals surface area contributed by atoms with Crippen LogP contribution in [0.5, 0.6) is 11.5 Å². The molecule has 1 fully saturated rings. The average Bonchev–Trinajstić information content (AvgIpc) is 3.68. The number of hydrogen-bond acceptors (Lipinski definition) is 6. The first kappa shape index (κ1) is 30.7. The lowest BCUT2D eigenvalue weighted by molar-refractivity contribution is -0.275. The summed E-state index contributed by atoms with van der Waals surface area (Å²) in [5.41, 5.74) is 0.535. The first-order valence-corrected chi connectivity index (χ1v) is 16.2. The fourth-order valence-corrected chi connectivity index (χ4v) is 5.79. The van der Waals surface area contributed by atoms with E-state index in [1.807, 2.05) is 4.81 Å². The number of phenols is 1. The number of aromatic nitrogens is 1. The minimum atomic E-state index is -4.99. The first-order chi connectivity index (χ1) is 18.9. The van der Waals surface area contributed by atoms with Gasteiger partial charge in [-0.1, -0.05) is 45.5 Å². The fourth-order valence-electron chi connectivity index (χ4n) is 4.52. The molecule has 0 amide bonds. The Bertz CT molecular complexity index is 1500. The van der Waals surface area contributed by atoms with Crippen LogP contribution in [-0.2, 0) is 11.0 Å². The maximum absolute atomic E-state index is 13.3. The fraction of sp³-hybridized carbons (Fsp3) is 0.429. The number of fused-ring (bicyclic) bond motifs is 1. The van der Waals surface area contributed by atoms with Crippen molar-refractivity contribution < 1.29 is 37.3 Å². The van der Waals surface area contributed by atoms with Crippen molar-refractivity contribution >= 4 is 32.0 Å². The van der Waals surface area contributed by atoms with Gasteiger partial charge in [0, 0.05) is 30.1 Å². The van der Waals surface area contributed by atoms with Crippen LogP contribution in [0.1, 0.15) is 48.4 Å². The lowest BCUT2D eigenvalue weighted by Crippen LogP contribution is -2.44. The molecule has 1 aliphatic heterocycles. The van der Waals surface area contributed by atoms with Crippen molar-refractivity contribution in [3.8, 4) is 11.5 Å². The number of pyridine rings is 1. The van der Waals surface area contributed by atoms with Gasteiger partial charge < -0.3 is 29.2 Å². The summed E-state index contributed by atoms with van der Waals surface area (Å²) < 4.78 is 50.9. The van der Waals surface area contributed by atoms with Crippen molar-refractivity contribution in [2.75, 3.05) is 6.54 Å². The van der Waals surface area contributed by atoms with Gasteiger partial charge in [0.25, 0.3) is 0 Å². The Morgan fingerprint density at radius 3 is 2.39 bits per heavy atom. The molecule has 1 aliphatic rings. The van der Waals surface area contributed by atoms with Gasteiger partial charge in [-0.2, -0.15) is 0 Å². The number of rotatable bonds is 10. The van der Waals surface area contributed by atoms with E-state index in [0.717, 1.165) is 24.3 Å². The predicted molar refractivity (Wildman–Crippen MR) is 153 cm³/mol. The molecule has 0 saturated carbocycles. The Morgan fingerprint density at radius 2 is 1.80 bits per heavy atom.